The fourth-order valence-electron chi connectivity index (χ4n) is 1.77. The summed E-state index contributed by atoms with van der Waals surface area (Å²) in [4.78, 5) is 9.26. The second-order valence-corrected chi connectivity index (χ2v) is 6.04. The molecule has 0 bridgehead atoms. The Bertz CT molecular complexity index is 924. The first-order chi connectivity index (χ1) is 11.2. The highest BCUT2D eigenvalue weighted by molar-refractivity contribution is 7.86. The number of methoxy groups -OCH3 is 1. The zero-order chi connectivity index (χ0) is 17.9. The van der Waals surface area contributed by atoms with Gasteiger partial charge < -0.3 is 4.74 Å². The molecule has 2 aromatic carbocycles. The van der Waals surface area contributed by atoms with Crippen LogP contribution in [0.4, 0.5) is 17.1 Å². The molecular formula is C14H12N3O6S. The van der Waals surface area contributed by atoms with Gasteiger partial charge in [-0.1, -0.05) is 0 Å². The molecule has 1 N–H and O–H groups in total. The topological polar surface area (TPSA) is 131 Å². The van der Waals surface area contributed by atoms with Crippen LogP contribution in [0.5, 0.6) is 5.75 Å². The Morgan fingerprint density at radius 2 is 1.92 bits per heavy atom. The van der Waals surface area contributed by atoms with E-state index in [1.165, 1.54) is 13.2 Å². The minimum Gasteiger partial charge on any atom is -0.496 e. The molecule has 2 aromatic rings. The van der Waals surface area contributed by atoms with Gasteiger partial charge >= 0.3 is 0 Å². The van der Waals surface area contributed by atoms with E-state index in [1.54, 1.807) is 13.0 Å². The highest BCUT2D eigenvalue weighted by Crippen LogP contribution is 2.31. The molecule has 0 fully saturated rings. The summed E-state index contributed by atoms with van der Waals surface area (Å²) in [5, 5.41) is 18.4. The van der Waals surface area contributed by atoms with Crippen LogP contribution in [0.15, 0.2) is 45.5 Å². The predicted molar refractivity (Wildman–Crippen MR) is 83.7 cm³/mol. The van der Waals surface area contributed by atoms with Crippen LogP contribution >= 0.6 is 0 Å². The van der Waals surface area contributed by atoms with Crippen LogP contribution < -0.4 is 4.74 Å². The summed E-state index contributed by atoms with van der Waals surface area (Å²) in [6.45, 7) is 1.74. The molecule has 0 aliphatic heterocycles. The van der Waals surface area contributed by atoms with Crippen LogP contribution in [0.3, 0.4) is 0 Å². The van der Waals surface area contributed by atoms with Gasteiger partial charge in [-0.2, -0.15) is 13.5 Å². The molecule has 0 spiro atoms. The summed E-state index contributed by atoms with van der Waals surface area (Å²) >= 11 is 0. The summed E-state index contributed by atoms with van der Waals surface area (Å²) in [7, 11) is -3.25. The van der Waals surface area contributed by atoms with Crippen LogP contribution in [0.2, 0.25) is 0 Å². The number of aryl methyl sites for hydroxylation is 1. The number of nitrogens with zero attached hydrogens (tertiary/aromatic N) is 3. The Labute approximate surface area is 137 Å². The molecule has 0 aliphatic carbocycles. The lowest BCUT2D eigenvalue weighted by Gasteiger charge is -2.04. The third-order valence-corrected chi connectivity index (χ3v) is 3.90. The van der Waals surface area contributed by atoms with Crippen LogP contribution in [-0.4, -0.2) is 25.0 Å². The Morgan fingerprint density at radius 1 is 1.25 bits per heavy atom. The highest BCUT2D eigenvalue weighted by Gasteiger charge is 2.20. The van der Waals surface area contributed by atoms with Gasteiger partial charge in [0.2, 0.25) is 0 Å². The fraction of sp³-hybridized carbons (Fsp3) is 0.143. The lowest BCUT2D eigenvalue weighted by atomic mass is 10.2. The lowest BCUT2D eigenvalue weighted by molar-refractivity contribution is -0.385. The number of ether oxygens (including phenoxy) is 1. The molecule has 0 aliphatic rings. The van der Waals surface area contributed by atoms with Gasteiger partial charge in [-0.25, -0.2) is 0 Å². The van der Waals surface area contributed by atoms with Gasteiger partial charge in [0.1, 0.15) is 16.3 Å². The third-order valence-electron chi connectivity index (χ3n) is 3.02. The van der Waals surface area contributed by atoms with E-state index >= 15 is 0 Å². The van der Waals surface area contributed by atoms with Crippen LogP contribution in [0.25, 0.3) is 0 Å². The van der Waals surface area contributed by atoms with Crippen molar-refractivity contribution in [2.45, 2.75) is 11.8 Å². The molecule has 125 valence electrons. The Morgan fingerprint density at radius 3 is 2.50 bits per heavy atom. The molecule has 9 nitrogen and oxygen atoms in total. The average molecular weight is 350 g/mol. The largest absolute Gasteiger partial charge is 0.496 e. The normalized spacial score (nSPS) is 11.6. The number of hydrogen-bond donors (Lipinski definition) is 1. The summed E-state index contributed by atoms with van der Waals surface area (Å²) in [5.74, 6) is 0.410. The smallest absolute Gasteiger partial charge is 0.297 e. The van der Waals surface area contributed by atoms with E-state index in [-0.39, 0.29) is 5.69 Å². The zero-order valence-electron chi connectivity index (χ0n) is 12.6. The van der Waals surface area contributed by atoms with E-state index in [0.29, 0.717) is 17.0 Å². The maximum absolute atomic E-state index is 11.4. The van der Waals surface area contributed by atoms with Gasteiger partial charge in [-0.3, -0.25) is 14.7 Å². The van der Waals surface area contributed by atoms with Gasteiger partial charge in [-0.05, 0) is 24.6 Å². The monoisotopic (exact) mass is 350 g/mol. The zero-order valence-corrected chi connectivity index (χ0v) is 13.4. The molecule has 0 unspecified atom stereocenters. The standard InChI is InChI=1S/C14H12N3O6S/c1-9-3-5-11(23-2)8-13(9)16-15-12-6-4-10(17(18)19)7-14(12)24(20,21)22/h3-4,6-8H,1-2H3,(H,20,21,22)/b16-15+. The molecule has 1 radical (unpaired) electrons. The SMILES string of the molecule is COc1[c]cc(C)c(/N=N/c2ccc([N+](=O)[O-])cc2S(=O)(=O)O)c1. The highest BCUT2D eigenvalue weighted by atomic mass is 32.2. The summed E-state index contributed by atoms with van der Waals surface area (Å²) in [5.41, 5.74) is 0.378. The maximum Gasteiger partial charge on any atom is 0.297 e. The molecule has 0 atom stereocenters. The number of azo groups is 1. The number of non-ortho nitro benzene ring substituents is 1. The van der Waals surface area contributed by atoms with Gasteiger partial charge in [0, 0.05) is 24.3 Å². The van der Waals surface area contributed by atoms with E-state index in [4.69, 9.17) is 4.74 Å². The van der Waals surface area contributed by atoms with Crippen molar-refractivity contribution in [1.82, 2.24) is 0 Å². The molecule has 2 rings (SSSR count). The minimum absolute atomic E-state index is 0.228. The molecule has 10 heteroatoms. The second kappa shape index (κ2) is 6.72. The van der Waals surface area contributed by atoms with Crippen molar-refractivity contribution in [3.63, 3.8) is 0 Å². The molecule has 24 heavy (non-hydrogen) atoms. The molecular weight excluding hydrogens is 338 g/mol. The number of rotatable bonds is 5. The quantitative estimate of drug-likeness (QED) is 0.380. The second-order valence-electron chi connectivity index (χ2n) is 4.65. The predicted octanol–water partition coefficient (Wildman–Crippen LogP) is 3.37. The summed E-state index contributed by atoms with van der Waals surface area (Å²) in [6.07, 6.45) is 0. The van der Waals surface area contributed by atoms with Crippen LogP contribution in [0, 0.1) is 23.1 Å². The number of nitro groups is 1. The average Bonchev–Trinajstić information content (AvgIpc) is 2.53. The van der Waals surface area contributed by atoms with Gasteiger partial charge in [-0.15, -0.1) is 5.11 Å². The molecule has 0 saturated carbocycles. The van der Waals surface area contributed by atoms with Crippen molar-refractivity contribution >= 4 is 27.2 Å². The number of nitro benzene ring substituents is 1. The van der Waals surface area contributed by atoms with Gasteiger partial charge in [0.05, 0.1) is 17.7 Å². The van der Waals surface area contributed by atoms with E-state index in [1.807, 2.05) is 0 Å². The minimum atomic E-state index is -4.71. The van der Waals surface area contributed by atoms with Crippen molar-refractivity contribution in [3.8, 4) is 5.75 Å². The third kappa shape index (κ3) is 3.91. The van der Waals surface area contributed by atoms with Crippen molar-refractivity contribution in [3.05, 3.63) is 52.1 Å². The Hall–Kier alpha value is -2.85. The fourth-order valence-corrected chi connectivity index (χ4v) is 2.41. The Kier molecular flexibility index (Phi) is 4.90. The number of benzene rings is 2. The van der Waals surface area contributed by atoms with E-state index < -0.39 is 25.6 Å². The lowest BCUT2D eigenvalue weighted by Crippen LogP contribution is -2.00. The molecule has 0 aromatic heterocycles. The Balaban J connectivity index is 2.51. The summed E-state index contributed by atoms with van der Waals surface area (Å²) < 4.78 is 37.1. The van der Waals surface area contributed by atoms with E-state index in [2.05, 4.69) is 16.3 Å². The van der Waals surface area contributed by atoms with E-state index in [0.717, 1.165) is 18.2 Å². The first-order valence-corrected chi connectivity index (χ1v) is 7.90. The van der Waals surface area contributed by atoms with Gasteiger partial charge in [0.25, 0.3) is 15.8 Å². The van der Waals surface area contributed by atoms with E-state index in [9.17, 15) is 23.1 Å². The van der Waals surface area contributed by atoms with Crippen molar-refractivity contribution in [1.29, 1.82) is 0 Å². The molecule has 0 saturated heterocycles. The first kappa shape index (κ1) is 17.5. The van der Waals surface area contributed by atoms with Crippen molar-refractivity contribution in [2.75, 3.05) is 7.11 Å². The molecule has 0 amide bonds. The molecule has 0 heterocycles. The summed E-state index contributed by atoms with van der Waals surface area (Å²) in [6, 6.07) is 8.88. The number of hydrogen-bond acceptors (Lipinski definition) is 7. The van der Waals surface area contributed by atoms with Gasteiger partial charge in [0.15, 0.2) is 0 Å². The maximum atomic E-state index is 11.4. The van der Waals surface area contributed by atoms with Crippen LogP contribution in [0.1, 0.15) is 5.56 Å². The van der Waals surface area contributed by atoms with Crippen molar-refractivity contribution < 1.29 is 22.6 Å². The first-order valence-electron chi connectivity index (χ1n) is 6.46. The van der Waals surface area contributed by atoms with Crippen molar-refractivity contribution in [2.24, 2.45) is 10.2 Å². The van der Waals surface area contributed by atoms with Crippen LogP contribution in [-0.2, 0) is 10.1 Å².